The summed E-state index contributed by atoms with van der Waals surface area (Å²) in [4.78, 5) is 27.2. The molecular formula is C21H34Cl2N4O3. The molecule has 30 heavy (non-hydrogen) atoms. The summed E-state index contributed by atoms with van der Waals surface area (Å²) in [5, 5.41) is 9.14. The van der Waals surface area contributed by atoms with Gasteiger partial charge in [0, 0.05) is 18.5 Å². The Balaban J connectivity index is 0.00000225. The fraction of sp³-hybridized carbons (Fsp3) is 0.619. The van der Waals surface area contributed by atoms with Crippen LogP contribution in [0.25, 0.3) is 0 Å². The number of hydrogen-bond acceptors (Lipinski definition) is 5. The molecule has 0 aliphatic carbocycles. The van der Waals surface area contributed by atoms with E-state index in [0.717, 1.165) is 31.9 Å². The molecule has 0 aromatic heterocycles. The third kappa shape index (κ3) is 7.39. The summed E-state index contributed by atoms with van der Waals surface area (Å²) >= 11 is 0. The smallest absolute Gasteiger partial charge is 0.256 e. The van der Waals surface area contributed by atoms with Crippen LogP contribution in [0.5, 0.6) is 0 Å². The number of nitrogens with zero attached hydrogens (tertiary/aromatic N) is 1. The van der Waals surface area contributed by atoms with Crippen LogP contribution in [0.1, 0.15) is 38.5 Å². The number of piperidine rings is 1. The van der Waals surface area contributed by atoms with Crippen LogP contribution in [0.15, 0.2) is 24.3 Å². The van der Waals surface area contributed by atoms with Crippen LogP contribution in [-0.2, 0) is 14.3 Å². The second kappa shape index (κ2) is 13.1. The standard InChI is InChI=1S/C21H32N4O3.2ClH/c1-28-21(10-12-22-13-11-21)20(27)24-18-8-6-17(7-9-18)23-19(26)16-25-14-4-2-3-5-15-25;;/h6-9,22H,2-5,10-16H2,1H3,(H,23,26)(H,24,27);2*1H. The van der Waals surface area contributed by atoms with Crippen molar-refractivity contribution in [1.29, 1.82) is 0 Å². The lowest BCUT2D eigenvalue weighted by molar-refractivity contribution is -0.140. The van der Waals surface area contributed by atoms with E-state index in [2.05, 4.69) is 20.9 Å². The van der Waals surface area contributed by atoms with Crippen LogP contribution in [0, 0.1) is 0 Å². The van der Waals surface area contributed by atoms with E-state index in [9.17, 15) is 9.59 Å². The first-order valence-corrected chi connectivity index (χ1v) is 10.3. The lowest BCUT2D eigenvalue weighted by Gasteiger charge is -2.34. The fourth-order valence-corrected chi connectivity index (χ4v) is 3.93. The Labute approximate surface area is 191 Å². The first-order valence-electron chi connectivity index (χ1n) is 10.3. The number of benzene rings is 1. The molecule has 2 fully saturated rings. The minimum absolute atomic E-state index is 0. The number of nitrogens with one attached hydrogen (secondary N) is 3. The van der Waals surface area contributed by atoms with Crippen LogP contribution in [0.3, 0.4) is 0 Å². The Hall–Kier alpha value is -1.38. The van der Waals surface area contributed by atoms with Gasteiger partial charge in [-0.25, -0.2) is 0 Å². The van der Waals surface area contributed by atoms with Gasteiger partial charge in [-0.1, -0.05) is 12.8 Å². The topological polar surface area (TPSA) is 82.7 Å². The summed E-state index contributed by atoms with van der Waals surface area (Å²) in [6.07, 6.45) is 6.15. The van der Waals surface area contributed by atoms with Crippen molar-refractivity contribution in [3.63, 3.8) is 0 Å². The molecule has 0 atom stereocenters. The number of amides is 2. The molecule has 3 N–H and O–H groups in total. The van der Waals surface area contributed by atoms with E-state index >= 15 is 0 Å². The van der Waals surface area contributed by atoms with Crippen molar-refractivity contribution in [1.82, 2.24) is 10.2 Å². The SMILES string of the molecule is COC1(C(=O)Nc2ccc(NC(=O)CN3CCCCCC3)cc2)CCNCC1.Cl.Cl. The highest BCUT2D eigenvalue weighted by molar-refractivity contribution is 5.98. The Kier molecular flexibility index (Phi) is 11.7. The number of ether oxygens (including phenoxy) is 1. The summed E-state index contributed by atoms with van der Waals surface area (Å²) in [5.74, 6) is -0.110. The molecule has 2 amide bonds. The summed E-state index contributed by atoms with van der Waals surface area (Å²) in [6, 6.07) is 7.25. The third-order valence-corrected chi connectivity index (χ3v) is 5.71. The Morgan fingerprint density at radius 2 is 1.50 bits per heavy atom. The second-order valence-electron chi connectivity index (χ2n) is 7.72. The largest absolute Gasteiger partial charge is 0.368 e. The number of hydrogen-bond donors (Lipinski definition) is 3. The number of anilines is 2. The number of halogens is 2. The number of likely N-dealkylation sites (tertiary alicyclic amines) is 1. The van der Waals surface area contributed by atoms with Crippen molar-refractivity contribution in [2.75, 3.05) is 50.5 Å². The highest BCUT2D eigenvalue weighted by Crippen LogP contribution is 2.25. The number of methoxy groups -OCH3 is 1. The average molecular weight is 461 g/mol. The normalized spacial score (nSPS) is 18.8. The van der Waals surface area contributed by atoms with E-state index < -0.39 is 5.60 Å². The molecule has 2 saturated heterocycles. The lowest BCUT2D eigenvalue weighted by atomic mass is 9.91. The van der Waals surface area contributed by atoms with Gasteiger partial charge in [-0.15, -0.1) is 24.8 Å². The summed E-state index contributed by atoms with van der Waals surface area (Å²) in [6.45, 7) is 3.96. The molecule has 9 heteroatoms. The third-order valence-electron chi connectivity index (χ3n) is 5.71. The molecular weight excluding hydrogens is 427 g/mol. The van der Waals surface area contributed by atoms with Crippen LogP contribution in [-0.4, -0.2) is 62.1 Å². The quantitative estimate of drug-likeness (QED) is 0.607. The molecule has 2 aliphatic heterocycles. The Bertz CT molecular complexity index is 659. The van der Waals surface area contributed by atoms with Gasteiger partial charge < -0.3 is 20.7 Å². The van der Waals surface area contributed by atoms with E-state index in [1.54, 1.807) is 7.11 Å². The Morgan fingerprint density at radius 1 is 0.967 bits per heavy atom. The minimum Gasteiger partial charge on any atom is -0.368 e. The molecule has 7 nitrogen and oxygen atoms in total. The summed E-state index contributed by atoms with van der Waals surface area (Å²) < 4.78 is 5.56. The van der Waals surface area contributed by atoms with Crippen LogP contribution >= 0.6 is 24.8 Å². The fourth-order valence-electron chi connectivity index (χ4n) is 3.93. The molecule has 0 saturated carbocycles. The van der Waals surface area contributed by atoms with Gasteiger partial charge in [0.05, 0.1) is 6.54 Å². The van der Waals surface area contributed by atoms with Crippen LogP contribution in [0.4, 0.5) is 11.4 Å². The average Bonchev–Trinajstić information content (AvgIpc) is 2.98. The summed E-state index contributed by atoms with van der Waals surface area (Å²) in [7, 11) is 1.59. The first-order chi connectivity index (χ1) is 13.6. The lowest BCUT2D eigenvalue weighted by Crippen LogP contribution is -2.51. The van der Waals surface area contributed by atoms with Gasteiger partial charge in [0.25, 0.3) is 5.91 Å². The van der Waals surface area contributed by atoms with Crippen molar-refractivity contribution < 1.29 is 14.3 Å². The van der Waals surface area contributed by atoms with Crippen molar-refractivity contribution in [3.8, 4) is 0 Å². The molecule has 0 unspecified atom stereocenters. The zero-order valence-corrected chi connectivity index (χ0v) is 19.2. The van der Waals surface area contributed by atoms with Gasteiger partial charge in [0.1, 0.15) is 5.60 Å². The number of carbonyl (C=O) groups is 2. The molecule has 0 bridgehead atoms. The van der Waals surface area contributed by atoms with Crippen molar-refractivity contribution >= 4 is 48.0 Å². The van der Waals surface area contributed by atoms with E-state index in [4.69, 9.17) is 4.74 Å². The molecule has 2 aliphatic rings. The van der Waals surface area contributed by atoms with Gasteiger partial charge >= 0.3 is 0 Å². The maximum atomic E-state index is 12.7. The van der Waals surface area contributed by atoms with Crippen LogP contribution in [0.2, 0.25) is 0 Å². The highest BCUT2D eigenvalue weighted by Gasteiger charge is 2.39. The molecule has 1 aromatic carbocycles. The molecule has 0 spiro atoms. The number of carbonyl (C=O) groups excluding carboxylic acids is 2. The minimum atomic E-state index is -0.773. The van der Waals surface area contributed by atoms with Gasteiger partial charge in [0.2, 0.25) is 5.91 Å². The van der Waals surface area contributed by atoms with Crippen LogP contribution < -0.4 is 16.0 Å². The van der Waals surface area contributed by atoms with Crippen molar-refractivity contribution in [2.45, 2.75) is 44.1 Å². The molecule has 1 aromatic rings. The van der Waals surface area contributed by atoms with E-state index in [0.29, 0.717) is 25.1 Å². The molecule has 0 radical (unpaired) electrons. The molecule has 3 rings (SSSR count). The van der Waals surface area contributed by atoms with Gasteiger partial charge in [0.15, 0.2) is 0 Å². The highest BCUT2D eigenvalue weighted by atomic mass is 35.5. The maximum Gasteiger partial charge on any atom is 0.256 e. The molecule has 2 heterocycles. The van der Waals surface area contributed by atoms with Gasteiger partial charge in [-0.2, -0.15) is 0 Å². The second-order valence-corrected chi connectivity index (χ2v) is 7.72. The summed E-state index contributed by atoms with van der Waals surface area (Å²) in [5.41, 5.74) is 0.664. The molecule has 170 valence electrons. The first kappa shape index (κ1) is 26.7. The Morgan fingerprint density at radius 3 is 2.03 bits per heavy atom. The van der Waals surface area contributed by atoms with E-state index in [1.165, 1.54) is 25.7 Å². The predicted octanol–water partition coefficient (Wildman–Crippen LogP) is 3.05. The zero-order valence-electron chi connectivity index (χ0n) is 17.6. The van der Waals surface area contributed by atoms with Gasteiger partial charge in [-0.05, 0) is 76.1 Å². The predicted molar refractivity (Wildman–Crippen MR) is 125 cm³/mol. The van der Waals surface area contributed by atoms with E-state index in [1.807, 2.05) is 24.3 Å². The van der Waals surface area contributed by atoms with Crippen molar-refractivity contribution in [2.24, 2.45) is 0 Å². The number of rotatable bonds is 6. The van der Waals surface area contributed by atoms with Crippen molar-refractivity contribution in [3.05, 3.63) is 24.3 Å². The maximum absolute atomic E-state index is 12.7. The van der Waals surface area contributed by atoms with E-state index in [-0.39, 0.29) is 36.6 Å². The van der Waals surface area contributed by atoms with Gasteiger partial charge in [-0.3, -0.25) is 14.5 Å². The monoisotopic (exact) mass is 460 g/mol. The zero-order chi connectivity index (χ0) is 19.8.